The van der Waals surface area contributed by atoms with Crippen molar-refractivity contribution in [3.05, 3.63) is 58.1 Å². The summed E-state index contributed by atoms with van der Waals surface area (Å²) in [7, 11) is 0. The quantitative estimate of drug-likeness (QED) is 0.220. The molecule has 0 saturated carbocycles. The molecule has 0 spiro atoms. The van der Waals surface area contributed by atoms with Gasteiger partial charge in [-0.05, 0) is 65.7 Å². The molecule has 0 N–H and O–H groups in total. The molecule has 152 valence electrons. The molecule has 0 bridgehead atoms. The number of esters is 1. The standard InChI is InChI=1S/C22H22BrNO5/c1-3-26-20-14-16(12-17(15-24)22(25)27-4-2)13-19(23)21(20)29-11-10-28-18-8-6-5-7-9-18/h5-9,12-14H,3-4,10-11H2,1-2H3/b17-12+. The Bertz CT molecular complexity index is 890. The second-order valence-corrected chi connectivity index (χ2v) is 6.52. The molecule has 2 aromatic rings. The Labute approximate surface area is 178 Å². The van der Waals surface area contributed by atoms with Gasteiger partial charge in [0.1, 0.15) is 30.6 Å². The van der Waals surface area contributed by atoms with Crippen molar-refractivity contribution in [1.29, 1.82) is 5.26 Å². The Hall–Kier alpha value is -2.98. The van der Waals surface area contributed by atoms with Gasteiger partial charge >= 0.3 is 5.97 Å². The number of nitrogens with zero attached hydrogens (tertiary/aromatic N) is 1. The molecule has 6 nitrogen and oxygen atoms in total. The Morgan fingerprint density at radius 3 is 2.45 bits per heavy atom. The monoisotopic (exact) mass is 459 g/mol. The third-order valence-corrected chi connectivity index (χ3v) is 4.19. The van der Waals surface area contributed by atoms with E-state index in [1.54, 1.807) is 19.1 Å². The summed E-state index contributed by atoms with van der Waals surface area (Å²) in [6, 6.07) is 14.8. The fraction of sp³-hybridized carbons (Fsp3) is 0.273. The second-order valence-electron chi connectivity index (χ2n) is 5.66. The van der Waals surface area contributed by atoms with Crippen LogP contribution >= 0.6 is 15.9 Å². The van der Waals surface area contributed by atoms with Crippen LogP contribution in [0, 0.1) is 11.3 Å². The lowest BCUT2D eigenvalue weighted by molar-refractivity contribution is -0.137. The molecule has 0 amide bonds. The third kappa shape index (κ3) is 6.84. The maximum atomic E-state index is 11.8. The van der Waals surface area contributed by atoms with Gasteiger partial charge in [-0.25, -0.2) is 4.79 Å². The van der Waals surface area contributed by atoms with Crippen LogP contribution < -0.4 is 14.2 Å². The molecule has 0 fully saturated rings. The Balaban J connectivity index is 2.14. The van der Waals surface area contributed by atoms with E-state index in [1.807, 2.05) is 43.3 Å². The van der Waals surface area contributed by atoms with Crippen LogP contribution in [0.1, 0.15) is 19.4 Å². The summed E-state index contributed by atoms with van der Waals surface area (Å²) in [5.74, 6) is 1.12. The number of hydrogen-bond donors (Lipinski definition) is 0. The van der Waals surface area contributed by atoms with Crippen LogP contribution in [0.2, 0.25) is 0 Å². The number of hydrogen-bond acceptors (Lipinski definition) is 6. The fourth-order valence-electron chi connectivity index (χ4n) is 2.41. The number of carbonyl (C=O) groups excluding carboxylic acids is 1. The molecule has 29 heavy (non-hydrogen) atoms. The van der Waals surface area contributed by atoms with Gasteiger partial charge in [0.25, 0.3) is 0 Å². The van der Waals surface area contributed by atoms with Crippen LogP contribution in [0.25, 0.3) is 6.08 Å². The van der Waals surface area contributed by atoms with E-state index in [9.17, 15) is 10.1 Å². The van der Waals surface area contributed by atoms with Gasteiger partial charge < -0.3 is 18.9 Å². The first-order chi connectivity index (χ1) is 14.1. The van der Waals surface area contributed by atoms with Crippen LogP contribution in [0.5, 0.6) is 17.2 Å². The number of ether oxygens (including phenoxy) is 4. The van der Waals surface area contributed by atoms with Gasteiger partial charge in [-0.2, -0.15) is 5.26 Å². The van der Waals surface area contributed by atoms with E-state index in [-0.39, 0.29) is 12.2 Å². The number of carbonyl (C=O) groups is 1. The molecule has 0 saturated heterocycles. The minimum Gasteiger partial charge on any atom is -0.490 e. The van der Waals surface area contributed by atoms with Gasteiger partial charge in [0, 0.05) is 0 Å². The smallest absolute Gasteiger partial charge is 0.348 e. The van der Waals surface area contributed by atoms with E-state index in [0.717, 1.165) is 5.75 Å². The molecule has 0 aliphatic carbocycles. The van der Waals surface area contributed by atoms with Crippen molar-refractivity contribution >= 4 is 28.0 Å². The molecule has 2 rings (SSSR count). The normalized spacial score (nSPS) is 10.8. The van der Waals surface area contributed by atoms with Crippen molar-refractivity contribution in [2.75, 3.05) is 26.4 Å². The van der Waals surface area contributed by atoms with Crippen molar-refractivity contribution in [2.24, 2.45) is 0 Å². The first-order valence-electron chi connectivity index (χ1n) is 9.14. The maximum absolute atomic E-state index is 11.8. The molecule has 0 radical (unpaired) electrons. The highest BCUT2D eigenvalue weighted by atomic mass is 79.9. The van der Waals surface area contributed by atoms with Crippen molar-refractivity contribution in [1.82, 2.24) is 0 Å². The minimum atomic E-state index is -0.664. The minimum absolute atomic E-state index is 0.0915. The van der Waals surface area contributed by atoms with E-state index < -0.39 is 5.97 Å². The Morgan fingerprint density at radius 1 is 1.07 bits per heavy atom. The summed E-state index contributed by atoms with van der Waals surface area (Å²) in [4.78, 5) is 11.8. The van der Waals surface area contributed by atoms with E-state index in [4.69, 9.17) is 18.9 Å². The van der Waals surface area contributed by atoms with Crippen LogP contribution in [0.3, 0.4) is 0 Å². The lowest BCUT2D eigenvalue weighted by Gasteiger charge is -2.15. The van der Waals surface area contributed by atoms with Gasteiger partial charge in [-0.15, -0.1) is 0 Å². The average Bonchev–Trinajstić information content (AvgIpc) is 2.72. The number of halogens is 1. The van der Waals surface area contributed by atoms with Crippen molar-refractivity contribution in [3.63, 3.8) is 0 Å². The summed E-state index contributed by atoms with van der Waals surface area (Å²) in [5, 5.41) is 9.22. The van der Waals surface area contributed by atoms with Crippen molar-refractivity contribution in [3.8, 4) is 23.3 Å². The van der Waals surface area contributed by atoms with Gasteiger partial charge in [0.15, 0.2) is 11.5 Å². The number of rotatable bonds is 10. The summed E-state index contributed by atoms with van der Waals surface area (Å²) >= 11 is 3.47. The zero-order valence-electron chi connectivity index (χ0n) is 16.3. The maximum Gasteiger partial charge on any atom is 0.348 e. The molecule has 0 aliphatic heterocycles. The SMILES string of the molecule is CCOC(=O)/C(C#N)=C/c1cc(Br)c(OCCOc2ccccc2)c(OCC)c1. The van der Waals surface area contributed by atoms with Gasteiger partial charge in [-0.1, -0.05) is 18.2 Å². The van der Waals surface area contributed by atoms with Crippen molar-refractivity contribution < 1.29 is 23.7 Å². The zero-order chi connectivity index (χ0) is 21.1. The van der Waals surface area contributed by atoms with Crippen LogP contribution in [-0.2, 0) is 9.53 Å². The van der Waals surface area contributed by atoms with Crippen LogP contribution in [0.4, 0.5) is 0 Å². The predicted molar refractivity (Wildman–Crippen MR) is 113 cm³/mol. The highest BCUT2D eigenvalue weighted by Gasteiger charge is 2.15. The molecule has 0 heterocycles. The second kappa shape index (κ2) is 11.8. The van der Waals surface area contributed by atoms with Gasteiger partial charge in [0.2, 0.25) is 0 Å². The first-order valence-corrected chi connectivity index (χ1v) is 9.94. The largest absolute Gasteiger partial charge is 0.490 e. The lowest BCUT2D eigenvalue weighted by Crippen LogP contribution is -2.10. The third-order valence-electron chi connectivity index (χ3n) is 3.60. The predicted octanol–water partition coefficient (Wildman–Crippen LogP) is 4.78. The summed E-state index contributed by atoms with van der Waals surface area (Å²) in [6.45, 7) is 4.85. The average molecular weight is 460 g/mol. The zero-order valence-corrected chi connectivity index (χ0v) is 17.9. The molecule has 2 aromatic carbocycles. The molecule has 0 atom stereocenters. The summed E-state index contributed by atoms with van der Waals surface area (Å²) in [6.07, 6.45) is 1.45. The highest BCUT2D eigenvalue weighted by Crippen LogP contribution is 2.37. The number of para-hydroxylation sites is 1. The Morgan fingerprint density at radius 2 is 1.79 bits per heavy atom. The van der Waals surface area contributed by atoms with E-state index >= 15 is 0 Å². The van der Waals surface area contributed by atoms with Crippen LogP contribution in [-0.4, -0.2) is 32.4 Å². The van der Waals surface area contributed by atoms with E-state index in [0.29, 0.717) is 41.4 Å². The summed E-state index contributed by atoms with van der Waals surface area (Å²) in [5.41, 5.74) is 0.518. The molecular formula is C22H22BrNO5. The molecule has 7 heteroatoms. The van der Waals surface area contributed by atoms with Gasteiger partial charge in [-0.3, -0.25) is 0 Å². The number of benzene rings is 2. The topological polar surface area (TPSA) is 77.8 Å². The lowest BCUT2D eigenvalue weighted by atomic mass is 10.1. The number of nitriles is 1. The molecule has 0 aromatic heterocycles. The highest BCUT2D eigenvalue weighted by molar-refractivity contribution is 9.10. The van der Waals surface area contributed by atoms with Crippen LogP contribution in [0.15, 0.2) is 52.5 Å². The fourth-order valence-corrected chi connectivity index (χ4v) is 2.98. The van der Waals surface area contributed by atoms with Crippen molar-refractivity contribution in [2.45, 2.75) is 13.8 Å². The molecule has 0 unspecified atom stereocenters. The summed E-state index contributed by atoms with van der Waals surface area (Å²) < 4.78 is 22.7. The van der Waals surface area contributed by atoms with E-state index in [2.05, 4.69) is 15.9 Å². The first kappa shape index (κ1) is 22.3. The van der Waals surface area contributed by atoms with Gasteiger partial charge in [0.05, 0.1) is 17.7 Å². The molecular weight excluding hydrogens is 438 g/mol. The van der Waals surface area contributed by atoms with E-state index in [1.165, 1.54) is 6.08 Å². The molecule has 0 aliphatic rings. The Kier molecular flexibility index (Phi) is 9.06.